The normalized spacial score (nSPS) is 14.4. The van der Waals surface area contributed by atoms with Crippen molar-refractivity contribution < 1.29 is 13.2 Å². The number of allylic oxidation sites excluding steroid dienone is 1. The number of benzene rings is 3. The molecule has 2 N–H and O–H groups in total. The molecule has 3 aromatic rings. The van der Waals surface area contributed by atoms with Crippen molar-refractivity contribution in [1.29, 1.82) is 0 Å². The molecule has 3 aromatic carbocycles. The lowest BCUT2D eigenvalue weighted by atomic mass is 9.87. The minimum absolute atomic E-state index is 0.0816. The van der Waals surface area contributed by atoms with Crippen molar-refractivity contribution in [3.05, 3.63) is 88.5 Å². The number of thioether (sulfide) groups is 1. The average Bonchev–Trinajstić information content (AvgIpc) is 2.91. The molecule has 31 heavy (non-hydrogen) atoms. The Morgan fingerprint density at radius 2 is 1.52 bits per heavy atom. The first-order valence-corrected chi connectivity index (χ1v) is 11.5. The second kappa shape index (κ2) is 8.72. The van der Waals surface area contributed by atoms with E-state index in [9.17, 15) is 13.2 Å². The minimum atomic E-state index is -4.29. The zero-order valence-corrected chi connectivity index (χ0v) is 19.1. The van der Waals surface area contributed by atoms with Gasteiger partial charge in [0.15, 0.2) is 0 Å². The number of halogens is 3. The summed E-state index contributed by atoms with van der Waals surface area (Å²) in [5.41, 5.74) is 10.5. The lowest BCUT2D eigenvalue weighted by Crippen LogP contribution is -2.11. The molecule has 0 heterocycles. The maximum Gasteiger partial charge on any atom is 0.446 e. The highest BCUT2D eigenvalue weighted by Crippen LogP contribution is 2.42. The fourth-order valence-corrected chi connectivity index (χ4v) is 5.05. The Labute approximate surface area is 187 Å². The summed E-state index contributed by atoms with van der Waals surface area (Å²) < 4.78 is 38.2. The third-order valence-corrected chi connectivity index (χ3v) is 7.01. The lowest BCUT2D eigenvalue weighted by molar-refractivity contribution is -0.0328. The van der Waals surface area contributed by atoms with Crippen molar-refractivity contribution in [3.63, 3.8) is 0 Å². The highest BCUT2D eigenvalue weighted by Gasteiger charge is 2.29. The predicted molar refractivity (Wildman–Crippen MR) is 129 cm³/mol. The fraction of sp³-hybridized carbons (Fsp3) is 0.200. The van der Waals surface area contributed by atoms with Crippen LogP contribution < -0.4 is 11.0 Å². The quantitative estimate of drug-likeness (QED) is 0.261. The van der Waals surface area contributed by atoms with E-state index >= 15 is 0 Å². The van der Waals surface area contributed by atoms with E-state index < -0.39 is 5.51 Å². The molecule has 160 valence electrons. The molecule has 0 fully saturated rings. The van der Waals surface area contributed by atoms with Gasteiger partial charge in [-0.2, -0.15) is 13.2 Å². The van der Waals surface area contributed by atoms with E-state index in [2.05, 4.69) is 46.5 Å². The summed E-state index contributed by atoms with van der Waals surface area (Å²) in [5, 5.41) is 1.03. The molecule has 0 spiro atoms. The summed E-state index contributed by atoms with van der Waals surface area (Å²) in [4.78, 5) is 0.197. The van der Waals surface area contributed by atoms with Crippen molar-refractivity contribution in [2.24, 2.45) is 0 Å². The summed E-state index contributed by atoms with van der Waals surface area (Å²) in [6, 6.07) is 19.2. The van der Waals surface area contributed by atoms with E-state index in [1.54, 1.807) is 12.1 Å². The van der Waals surface area contributed by atoms with Gasteiger partial charge in [-0.3, -0.25) is 0 Å². The third kappa shape index (κ3) is 4.83. The van der Waals surface area contributed by atoms with Gasteiger partial charge in [0, 0.05) is 10.6 Å². The van der Waals surface area contributed by atoms with Crippen LogP contribution in [0.2, 0.25) is 0 Å². The van der Waals surface area contributed by atoms with E-state index in [4.69, 9.17) is 5.73 Å². The van der Waals surface area contributed by atoms with Gasteiger partial charge in [-0.05, 0) is 94.9 Å². The maximum atomic E-state index is 12.7. The summed E-state index contributed by atoms with van der Waals surface area (Å²) >= 11 is -0.0816. The molecule has 0 saturated carbocycles. The minimum Gasteiger partial charge on any atom is -0.398 e. The molecule has 1 nitrogen and oxygen atoms in total. The number of anilines is 1. The van der Waals surface area contributed by atoms with Gasteiger partial charge < -0.3 is 5.73 Å². The smallest absolute Gasteiger partial charge is 0.398 e. The number of aryl methyl sites for hydroxylation is 1. The Morgan fingerprint density at radius 1 is 0.871 bits per heavy atom. The molecule has 4 rings (SSSR count). The van der Waals surface area contributed by atoms with Crippen LogP contribution in [0.25, 0.3) is 11.1 Å². The molecule has 0 saturated heterocycles. The van der Waals surface area contributed by atoms with Crippen molar-refractivity contribution in [2.45, 2.75) is 36.6 Å². The summed E-state index contributed by atoms with van der Waals surface area (Å²) in [6.45, 7) is 2.05. The molecule has 1 unspecified atom stereocenters. The number of nitrogens with two attached hydrogens (primary N) is 1. The Bertz CT molecular complexity index is 1130. The molecule has 1 aliphatic rings. The largest absolute Gasteiger partial charge is 0.446 e. The number of hydrogen-bond acceptors (Lipinski definition) is 2. The molecular weight excluding hydrogens is 434 g/mol. The molecule has 1 aliphatic carbocycles. The first kappa shape index (κ1) is 22.0. The molecule has 0 bridgehead atoms. The molecule has 6 heteroatoms. The van der Waals surface area contributed by atoms with Crippen LogP contribution in [0.15, 0.2) is 65.6 Å². The van der Waals surface area contributed by atoms with Gasteiger partial charge in [-0.25, -0.2) is 0 Å². The van der Waals surface area contributed by atoms with Gasteiger partial charge in [0.2, 0.25) is 0 Å². The number of alkyl halides is 3. The van der Waals surface area contributed by atoms with Gasteiger partial charge in [0.05, 0.1) is 0 Å². The highest BCUT2D eigenvalue weighted by atomic mass is 32.2. The fourth-order valence-electron chi connectivity index (χ4n) is 4.11. The Kier molecular flexibility index (Phi) is 6.18. The molecule has 0 aromatic heterocycles. The number of fused-ring (bicyclic) bond motifs is 1. The zero-order chi connectivity index (χ0) is 22.2. The highest BCUT2D eigenvalue weighted by molar-refractivity contribution is 8.00. The van der Waals surface area contributed by atoms with E-state index in [-0.39, 0.29) is 16.7 Å². The monoisotopic (exact) mass is 457 g/mol. The van der Waals surface area contributed by atoms with Crippen LogP contribution in [0.3, 0.4) is 0 Å². The Morgan fingerprint density at radius 3 is 2.16 bits per heavy atom. The van der Waals surface area contributed by atoms with Crippen LogP contribution in [-0.2, 0) is 6.42 Å². The molecule has 0 radical (unpaired) electrons. The molecule has 0 amide bonds. The first-order chi connectivity index (χ1) is 14.7. The van der Waals surface area contributed by atoms with E-state index in [1.165, 1.54) is 11.1 Å². The maximum absolute atomic E-state index is 12.7. The van der Waals surface area contributed by atoms with Gasteiger partial charge >= 0.3 is 5.51 Å². The van der Waals surface area contributed by atoms with Crippen molar-refractivity contribution in [1.82, 2.24) is 0 Å². The van der Waals surface area contributed by atoms with E-state index in [0.29, 0.717) is 0 Å². The van der Waals surface area contributed by atoms with Crippen LogP contribution >= 0.6 is 21.0 Å². The number of rotatable bonds is 3. The predicted octanol–water partition coefficient (Wildman–Crippen LogP) is 6.98. The van der Waals surface area contributed by atoms with Crippen LogP contribution in [0.4, 0.5) is 18.9 Å². The van der Waals surface area contributed by atoms with Gasteiger partial charge in [0.1, 0.15) is 0 Å². The second-order valence-electron chi connectivity index (χ2n) is 7.74. The van der Waals surface area contributed by atoms with Gasteiger partial charge in [-0.1, -0.05) is 48.0 Å². The first-order valence-electron chi connectivity index (χ1n) is 10.1. The van der Waals surface area contributed by atoms with Crippen LogP contribution in [0.1, 0.15) is 40.7 Å². The Balaban J connectivity index is 1.90. The third-order valence-electron chi connectivity index (χ3n) is 5.59. The molecular formula is C25H23F3NPS. The van der Waals surface area contributed by atoms with Crippen molar-refractivity contribution in [3.8, 4) is 0 Å². The number of hydrogen-bond donors (Lipinski definition) is 1. The van der Waals surface area contributed by atoms with Crippen molar-refractivity contribution in [2.75, 3.05) is 5.73 Å². The summed E-state index contributed by atoms with van der Waals surface area (Å²) in [6.07, 6.45) is 2.69. The summed E-state index contributed by atoms with van der Waals surface area (Å²) in [5.74, 6) is 0. The van der Waals surface area contributed by atoms with Crippen LogP contribution in [0, 0.1) is 6.92 Å². The second-order valence-corrected chi connectivity index (χ2v) is 9.46. The van der Waals surface area contributed by atoms with E-state index in [0.717, 1.165) is 58.1 Å². The SMILES string of the molecule is Cc1ccc(C2=C(c3ccc(SC(F)(F)F)cc3)CCCc3c2ccc(N)c3P)cc1. The van der Waals surface area contributed by atoms with Crippen LogP contribution in [0.5, 0.6) is 0 Å². The van der Waals surface area contributed by atoms with Crippen LogP contribution in [-0.4, -0.2) is 5.51 Å². The lowest BCUT2D eigenvalue weighted by Gasteiger charge is -2.18. The topological polar surface area (TPSA) is 26.0 Å². The summed E-state index contributed by atoms with van der Waals surface area (Å²) in [7, 11) is 2.78. The van der Waals surface area contributed by atoms with Gasteiger partial charge in [0.25, 0.3) is 0 Å². The van der Waals surface area contributed by atoms with Gasteiger partial charge in [-0.15, -0.1) is 9.24 Å². The molecule has 1 atom stereocenters. The number of nitrogen functional groups attached to an aromatic ring is 1. The van der Waals surface area contributed by atoms with Crippen molar-refractivity contribution >= 4 is 43.1 Å². The molecule has 0 aliphatic heterocycles. The van der Waals surface area contributed by atoms with E-state index in [1.807, 2.05) is 18.2 Å². The Hall–Kier alpha value is -2.23. The standard InChI is InChI=1S/C25H23F3NPS/c1-15-5-7-17(8-6-15)23-19(16-9-11-18(12-10-16)31-25(26,27)28)3-2-4-21-20(23)13-14-22(29)24(21)30/h5-14H,2-4,29-30H2,1H3. The zero-order valence-electron chi connectivity index (χ0n) is 17.1. The average molecular weight is 458 g/mol.